The number of carboxylic acids is 1. The van der Waals surface area contributed by atoms with Crippen LogP contribution in [0.2, 0.25) is 0 Å². The maximum absolute atomic E-state index is 11.1. The largest absolute Gasteiger partial charge is 0.481 e. The molecule has 0 saturated carbocycles. The molecule has 1 amide bonds. The van der Waals surface area contributed by atoms with E-state index in [2.05, 4.69) is 12.6 Å². The maximum Gasteiger partial charge on any atom is 0.313 e. The van der Waals surface area contributed by atoms with Crippen molar-refractivity contribution in [3.05, 3.63) is 29.8 Å². The standard InChI is InChI=1S/C7H5NO3S.C2H4O2S/c9-7-5-3-1-2-4-6(5)12(10,11)8-7;3-2(4)1-5/h1-4H,(H,8,9);5H,1H2,(H,3,4). The summed E-state index contributed by atoms with van der Waals surface area (Å²) in [6.07, 6.45) is 0. The summed E-state index contributed by atoms with van der Waals surface area (Å²) in [7, 11) is -3.55. The van der Waals surface area contributed by atoms with Crippen molar-refractivity contribution >= 4 is 34.5 Å². The number of hydrogen-bond acceptors (Lipinski definition) is 5. The molecule has 0 unspecified atom stereocenters. The molecule has 0 radical (unpaired) electrons. The van der Waals surface area contributed by atoms with E-state index in [0.29, 0.717) is 0 Å². The van der Waals surface area contributed by atoms with E-state index in [9.17, 15) is 18.0 Å². The summed E-state index contributed by atoms with van der Waals surface area (Å²) in [5.74, 6) is -1.51. The zero-order chi connectivity index (χ0) is 13.1. The molecule has 0 saturated heterocycles. The van der Waals surface area contributed by atoms with Crippen LogP contribution in [0.15, 0.2) is 29.2 Å². The molecule has 92 valence electrons. The Kier molecular flexibility index (Phi) is 4.13. The van der Waals surface area contributed by atoms with Gasteiger partial charge in [0.25, 0.3) is 15.9 Å². The third kappa shape index (κ3) is 3.21. The number of fused-ring (bicyclic) bond motifs is 1. The van der Waals surface area contributed by atoms with E-state index in [0.717, 1.165) is 0 Å². The Morgan fingerprint density at radius 1 is 1.35 bits per heavy atom. The van der Waals surface area contributed by atoms with Gasteiger partial charge in [0.15, 0.2) is 0 Å². The maximum atomic E-state index is 11.1. The first-order valence-corrected chi connectivity index (χ1v) is 6.49. The van der Waals surface area contributed by atoms with Crippen LogP contribution in [0.4, 0.5) is 0 Å². The molecule has 0 spiro atoms. The minimum atomic E-state index is -3.55. The number of carbonyl (C=O) groups is 2. The number of amides is 1. The van der Waals surface area contributed by atoms with Gasteiger partial charge in [0, 0.05) is 0 Å². The van der Waals surface area contributed by atoms with Crippen LogP contribution in [0.5, 0.6) is 0 Å². The first-order chi connectivity index (χ1) is 7.88. The highest BCUT2D eigenvalue weighted by molar-refractivity contribution is 7.90. The van der Waals surface area contributed by atoms with Crippen molar-refractivity contribution in [2.45, 2.75) is 4.90 Å². The van der Waals surface area contributed by atoms with Gasteiger partial charge in [-0.25, -0.2) is 13.1 Å². The van der Waals surface area contributed by atoms with Crippen LogP contribution in [0, 0.1) is 0 Å². The molecule has 0 atom stereocenters. The first kappa shape index (κ1) is 13.5. The van der Waals surface area contributed by atoms with Crippen LogP contribution in [-0.4, -0.2) is 31.2 Å². The molecule has 0 bridgehead atoms. The number of sulfonamides is 1. The number of benzene rings is 1. The van der Waals surface area contributed by atoms with E-state index in [1.165, 1.54) is 12.1 Å². The van der Waals surface area contributed by atoms with Gasteiger partial charge in [-0.2, -0.15) is 12.6 Å². The molecule has 0 fully saturated rings. The summed E-state index contributed by atoms with van der Waals surface area (Å²) in [5, 5.41) is 7.65. The zero-order valence-electron chi connectivity index (χ0n) is 8.45. The molecule has 0 aromatic heterocycles. The molecule has 1 aliphatic heterocycles. The fraction of sp³-hybridized carbons (Fsp3) is 0.111. The molecule has 6 nitrogen and oxygen atoms in total. The quantitative estimate of drug-likeness (QED) is 0.632. The fourth-order valence-corrected chi connectivity index (χ4v) is 2.29. The minimum Gasteiger partial charge on any atom is -0.481 e. The van der Waals surface area contributed by atoms with Gasteiger partial charge in [0.2, 0.25) is 0 Å². The Morgan fingerprint density at radius 2 is 1.88 bits per heavy atom. The monoisotopic (exact) mass is 275 g/mol. The Balaban J connectivity index is 0.000000249. The van der Waals surface area contributed by atoms with Crippen LogP contribution >= 0.6 is 12.6 Å². The molecule has 1 aromatic rings. The molecule has 0 aliphatic carbocycles. The highest BCUT2D eigenvalue weighted by Gasteiger charge is 2.31. The summed E-state index contributed by atoms with van der Waals surface area (Å²) in [5.41, 5.74) is 0.220. The summed E-state index contributed by atoms with van der Waals surface area (Å²) in [4.78, 5) is 20.3. The smallest absolute Gasteiger partial charge is 0.313 e. The van der Waals surface area contributed by atoms with Crippen LogP contribution < -0.4 is 4.72 Å². The number of nitrogens with one attached hydrogen (secondary N) is 1. The second-order valence-corrected chi connectivity index (χ2v) is 4.95. The molecule has 8 heteroatoms. The second kappa shape index (κ2) is 5.19. The lowest BCUT2D eigenvalue weighted by molar-refractivity contribution is -0.133. The SMILES string of the molecule is O=C(O)CS.O=C1NS(=O)(=O)c2ccccc21. The molecule has 1 aliphatic rings. The highest BCUT2D eigenvalue weighted by Crippen LogP contribution is 2.20. The van der Waals surface area contributed by atoms with Gasteiger partial charge in [-0.3, -0.25) is 9.59 Å². The third-order valence-electron chi connectivity index (χ3n) is 1.78. The average Bonchev–Trinajstić information content (AvgIpc) is 2.51. The summed E-state index contributed by atoms with van der Waals surface area (Å²) in [6, 6.07) is 6.09. The molecular formula is C9H9NO5S2. The van der Waals surface area contributed by atoms with Gasteiger partial charge in [-0.1, -0.05) is 12.1 Å². The van der Waals surface area contributed by atoms with Gasteiger partial charge < -0.3 is 5.11 Å². The molecule has 1 aromatic carbocycles. The molecule has 17 heavy (non-hydrogen) atoms. The molecular weight excluding hydrogens is 266 g/mol. The number of thiol groups is 1. The average molecular weight is 275 g/mol. The fourth-order valence-electron chi connectivity index (χ4n) is 1.12. The van der Waals surface area contributed by atoms with Gasteiger partial charge in [-0.15, -0.1) is 0 Å². The van der Waals surface area contributed by atoms with Crippen molar-refractivity contribution in [1.29, 1.82) is 0 Å². The van der Waals surface area contributed by atoms with E-state index in [4.69, 9.17) is 5.11 Å². The predicted molar refractivity (Wildman–Crippen MR) is 62.6 cm³/mol. The molecule has 1 heterocycles. The van der Waals surface area contributed by atoms with Gasteiger partial charge in [0.05, 0.1) is 11.3 Å². The topological polar surface area (TPSA) is 101 Å². The lowest BCUT2D eigenvalue weighted by atomic mass is 10.2. The minimum absolute atomic E-state index is 0.0648. The van der Waals surface area contributed by atoms with E-state index in [1.54, 1.807) is 12.1 Å². The number of rotatable bonds is 1. The van der Waals surface area contributed by atoms with Gasteiger partial charge in [0.1, 0.15) is 4.90 Å². The van der Waals surface area contributed by atoms with E-state index >= 15 is 0 Å². The molecule has 2 N–H and O–H groups in total. The third-order valence-corrected chi connectivity index (χ3v) is 3.44. The van der Waals surface area contributed by atoms with Crippen molar-refractivity contribution in [2.24, 2.45) is 0 Å². The summed E-state index contributed by atoms with van der Waals surface area (Å²) >= 11 is 3.42. The first-order valence-electron chi connectivity index (χ1n) is 4.37. The van der Waals surface area contributed by atoms with Crippen molar-refractivity contribution in [3.63, 3.8) is 0 Å². The lowest BCUT2D eigenvalue weighted by Gasteiger charge is -1.91. The number of hydrogen-bond donors (Lipinski definition) is 3. The Bertz CT molecular complexity index is 552. The van der Waals surface area contributed by atoms with Crippen LogP contribution in [0.3, 0.4) is 0 Å². The van der Waals surface area contributed by atoms with Crippen molar-refractivity contribution in [2.75, 3.05) is 5.75 Å². The zero-order valence-corrected chi connectivity index (χ0v) is 10.2. The predicted octanol–water partition coefficient (Wildman–Crippen LogP) is 0.119. The Morgan fingerprint density at radius 3 is 2.35 bits per heavy atom. The van der Waals surface area contributed by atoms with E-state index in [-0.39, 0.29) is 16.2 Å². The number of carbonyl (C=O) groups excluding carboxylic acids is 1. The highest BCUT2D eigenvalue weighted by atomic mass is 32.2. The Labute approximate surface area is 103 Å². The van der Waals surface area contributed by atoms with Crippen LogP contribution in [-0.2, 0) is 14.8 Å². The van der Waals surface area contributed by atoms with Crippen molar-refractivity contribution in [1.82, 2.24) is 4.72 Å². The van der Waals surface area contributed by atoms with Gasteiger partial charge >= 0.3 is 5.97 Å². The summed E-state index contributed by atoms with van der Waals surface area (Å²) in [6.45, 7) is 0. The normalized spacial score (nSPS) is 15.2. The number of carboxylic acid groups (broad SMARTS) is 1. The van der Waals surface area contributed by atoms with Crippen LogP contribution in [0.25, 0.3) is 0 Å². The summed E-state index contributed by atoms with van der Waals surface area (Å²) < 4.78 is 24.2. The lowest BCUT2D eigenvalue weighted by Crippen LogP contribution is -2.20. The van der Waals surface area contributed by atoms with Crippen molar-refractivity contribution in [3.8, 4) is 0 Å². The molecule has 2 rings (SSSR count). The Hall–Kier alpha value is -1.54. The van der Waals surface area contributed by atoms with Crippen molar-refractivity contribution < 1.29 is 23.1 Å². The van der Waals surface area contributed by atoms with E-state index in [1.807, 2.05) is 4.72 Å². The van der Waals surface area contributed by atoms with Crippen LogP contribution in [0.1, 0.15) is 10.4 Å². The van der Waals surface area contributed by atoms with Gasteiger partial charge in [-0.05, 0) is 12.1 Å². The second-order valence-electron chi connectivity index (χ2n) is 2.98. The number of aliphatic carboxylic acids is 1. The van der Waals surface area contributed by atoms with E-state index < -0.39 is 21.9 Å².